The van der Waals surface area contributed by atoms with Gasteiger partial charge in [-0.15, -0.1) is 0 Å². The molecule has 0 aliphatic carbocycles. The first kappa shape index (κ1) is 10.7. The van der Waals surface area contributed by atoms with Crippen LogP contribution in [-0.4, -0.2) is 4.98 Å². The lowest BCUT2D eigenvalue weighted by atomic mass is 9.99. The quantitative estimate of drug-likeness (QED) is 0.660. The predicted octanol–water partition coefficient (Wildman–Crippen LogP) is 4.67. The second-order valence-corrected chi connectivity index (χ2v) is 4.64. The van der Waals surface area contributed by atoms with Gasteiger partial charge in [-0.05, 0) is 29.0 Å². The van der Waals surface area contributed by atoms with Crippen LogP contribution in [0.2, 0.25) is 10.2 Å². The number of rotatable bonds is 1. The van der Waals surface area contributed by atoms with Gasteiger partial charge in [0.2, 0.25) is 0 Å². The van der Waals surface area contributed by atoms with Crippen molar-refractivity contribution in [3.05, 3.63) is 40.1 Å². The first-order valence-corrected chi connectivity index (χ1v) is 5.59. The lowest BCUT2D eigenvalue weighted by Crippen LogP contribution is -1.92. The van der Waals surface area contributed by atoms with Crippen molar-refractivity contribution >= 4 is 34.0 Å². The van der Waals surface area contributed by atoms with Crippen LogP contribution >= 0.6 is 23.2 Å². The average Bonchev–Trinajstić information content (AvgIpc) is 2.19. The number of aromatic nitrogens is 1. The molecule has 1 aromatic heterocycles. The molecule has 0 saturated carbocycles. The number of benzene rings is 1. The van der Waals surface area contributed by atoms with E-state index in [2.05, 4.69) is 18.8 Å². The maximum Gasteiger partial charge on any atom is 0.136 e. The minimum atomic E-state index is 0.429. The summed E-state index contributed by atoms with van der Waals surface area (Å²) < 4.78 is 0. The zero-order valence-corrected chi connectivity index (χ0v) is 10.1. The van der Waals surface area contributed by atoms with Crippen molar-refractivity contribution in [2.24, 2.45) is 0 Å². The van der Waals surface area contributed by atoms with E-state index < -0.39 is 0 Å². The van der Waals surface area contributed by atoms with Gasteiger partial charge >= 0.3 is 0 Å². The summed E-state index contributed by atoms with van der Waals surface area (Å²) in [4.78, 5) is 4.18. The van der Waals surface area contributed by atoms with Gasteiger partial charge in [-0.2, -0.15) is 0 Å². The molecule has 1 heterocycles. The molecule has 15 heavy (non-hydrogen) atoms. The van der Waals surface area contributed by atoms with Crippen LogP contribution in [0.4, 0.5) is 0 Å². The first-order valence-electron chi connectivity index (χ1n) is 4.83. The van der Waals surface area contributed by atoms with Crippen molar-refractivity contribution in [1.29, 1.82) is 0 Å². The lowest BCUT2D eigenvalue weighted by Gasteiger charge is -2.10. The van der Waals surface area contributed by atoms with Crippen LogP contribution in [0.25, 0.3) is 10.8 Å². The standard InChI is InChI=1S/C12H11Cl2N/c1-7(2)11-6-15-12(14)10-5-8(13)3-4-9(10)11/h3-7H,1-2H3. The number of fused-ring (bicyclic) bond motifs is 1. The van der Waals surface area contributed by atoms with E-state index in [0.29, 0.717) is 16.1 Å². The average molecular weight is 240 g/mol. The largest absolute Gasteiger partial charge is 0.244 e. The molecule has 0 bridgehead atoms. The third-order valence-electron chi connectivity index (χ3n) is 2.45. The predicted molar refractivity (Wildman–Crippen MR) is 65.9 cm³/mol. The molecule has 0 fully saturated rings. The van der Waals surface area contributed by atoms with Gasteiger partial charge in [0.25, 0.3) is 0 Å². The van der Waals surface area contributed by atoms with E-state index in [4.69, 9.17) is 23.2 Å². The molecule has 2 rings (SSSR count). The van der Waals surface area contributed by atoms with E-state index in [1.807, 2.05) is 24.4 Å². The van der Waals surface area contributed by atoms with Crippen molar-refractivity contribution < 1.29 is 0 Å². The van der Waals surface area contributed by atoms with Crippen LogP contribution in [0, 0.1) is 0 Å². The molecule has 0 radical (unpaired) electrons. The highest BCUT2D eigenvalue weighted by Gasteiger charge is 2.09. The van der Waals surface area contributed by atoms with E-state index in [1.165, 1.54) is 5.56 Å². The van der Waals surface area contributed by atoms with Crippen molar-refractivity contribution in [3.8, 4) is 0 Å². The normalized spacial score (nSPS) is 11.3. The summed E-state index contributed by atoms with van der Waals surface area (Å²) in [5.74, 6) is 0.429. The summed E-state index contributed by atoms with van der Waals surface area (Å²) in [5.41, 5.74) is 1.20. The van der Waals surface area contributed by atoms with Gasteiger partial charge in [0, 0.05) is 16.6 Å². The maximum atomic E-state index is 6.04. The summed E-state index contributed by atoms with van der Waals surface area (Å²) >= 11 is 12.0. The zero-order valence-electron chi connectivity index (χ0n) is 8.59. The Labute approximate surface area is 99.0 Å². The molecule has 0 N–H and O–H groups in total. The first-order chi connectivity index (χ1) is 7.09. The third-order valence-corrected chi connectivity index (χ3v) is 2.99. The third kappa shape index (κ3) is 1.95. The Morgan fingerprint density at radius 2 is 1.87 bits per heavy atom. The summed E-state index contributed by atoms with van der Waals surface area (Å²) in [6.07, 6.45) is 1.84. The Bertz CT molecular complexity index is 506. The van der Waals surface area contributed by atoms with Gasteiger partial charge in [0.1, 0.15) is 5.15 Å². The maximum absolute atomic E-state index is 6.04. The molecule has 0 aliphatic heterocycles. The van der Waals surface area contributed by atoms with Gasteiger partial charge in [-0.25, -0.2) is 4.98 Å². The van der Waals surface area contributed by atoms with Gasteiger partial charge in [-0.3, -0.25) is 0 Å². The molecule has 0 saturated heterocycles. The van der Waals surface area contributed by atoms with Gasteiger partial charge < -0.3 is 0 Å². The van der Waals surface area contributed by atoms with E-state index in [1.54, 1.807) is 0 Å². The van der Waals surface area contributed by atoms with Crippen LogP contribution in [0.15, 0.2) is 24.4 Å². The Morgan fingerprint density at radius 1 is 1.13 bits per heavy atom. The second kappa shape index (κ2) is 3.99. The van der Waals surface area contributed by atoms with Crippen LogP contribution in [0.5, 0.6) is 0 Å². The van der Waals surface area contributed by atoms with E-state index in [-0.39, 0.29) is 0 Å². The number of hydrogen-bond acceptors (Lipinski definition) is 1. The molecular formula is C12H11Cl2N. The van der Waals surface area contributed by atoms with Crippen LogP contribution in [-0.2, 0) is 0 Å². The fourth-order valence-corrected chi connectivity index (χ4v) is 2.04. The highest BCUT2D eigenvalue weighted by Crippen LogP contribution is 2.30. The zero-order chi connectivity index (χ0) is 11.0. The van der Waals surface area contributed by atoms with Crippen LogP contribution in [0.1, 0.15) is 25.3 Å². The topological polar surface area (TPSA) is 12.9 Å². The molecule has 0 spiro atoms. The van der Waals surface area contributed by atoms with Crippen molar-refractivity contribution in [3.63, 3.8) is 0 Å². The van der Waals surface area contributed by atoms with Gasteiger partial charge in [-0.1, -0.05) is 43.1 Å². The smallest absolute Gasteiger partial charge is 0.136 e. The number of nitrogens with zero attached hydrogens (tertiary/aromatic N) is 1. The van der Waals surface area contributed by atoms with Crippen LogP contribution in [0.3, 0.4) is 0 Å². The molecule has 0 aliphatic rings. The summed E-state index contributed by atoms with van der Waals surface area (Å²) in [6, 6.07) is 5.74. The summed E-state index contributed by atoms with van der Waals surface area (Å²) in [6.45, 7) is 4.28. The SMILES string of the molecule is CC(C)c1cnc(Cl)c2cc(Cl)ccc12. The van der Waals surface area contributed by atoms with Gasteiger partial charge in [0.15, 0.2) is 0 Å². The molecule has 0 unspecified atom stereocenters. The monoisotopic (exact) mass is 239 g/mol. The fraction of sp³-hybridized carbons (Fsp3) is 0.250. The summed E-state index contributed by atoms with van der Waals surface area (Å²) in [7, 11) is 0. The van der Waals surface area contributed by atoms with E-state index >= 15 is 0 Å². The lowest BCUT2D eigenvalue weighted by molar-refractivity contribution is 0.869. The van der Waals surface area contributed by atoms with Crippen LogP contribution < -0.4 is 0 Å². The number of hydrogen-bond donors (Lipinski definition) is 0. The Kier molecular flexibility index (Phi) is 2.85. The highest BCUT2D eigenvalue weighted by molar-refractivity contribution is 6.36. The second-order valence-electron chi connectivity index (χ2n) is 3.85. The Morgan fingerprint density at radius 3 is 2.53 bits per heavy atom. The highest BCUT2D eigenvalue weighted by atomic mass is 35.5. The molecule has 1 aromatic carbocycles. The molecule has 2 aromatic rings. The molecule has 3 heteroatoms. The molecule has 78 valence electrons. The van der Waals surface area contributed by atoms with Crippen molar-refractivity contribution in [2.75, 3.05) is 0 Å². The van der Waals surface area contributed by atoms with Crippen molar-refractivity contribution in [2.45, 2.75) is 19.8 Å². The van der Waals surface area contributed by atoms with Gasteiger partial charge in [0.05, 0.1) is 0 Å². The minimum absolute atomic E-state index is 0.429. The van der Waals surface area contributed by atoms with E-state index in [0.717, 1.165) is 10.8 Å². The molecule has 0 atom stereocenters. The number of halogens is 2. The molecule has 0 amide bonds. The number of pyridine rings is 1. The van der Waals surface area contributed by atoms with Crippen molar-refractivity contribution in [1.82, 2.24) is 4.98 Å². The fourth-order valence-electron chi connectivity index (χ4n) is 1.66. The minimum Gasteiger partial charge on any atom is -0.244 e. The Hall–Kier alpha value is -0.790. The molecule has 1 nitrogen and oxygen atoms in total. The Balaban J connectivity index is 2.82. The van der Waals surface area contributed by atoms with E-state index in [9.17, 15) is 0 Å². The molecular weight excluding hydrogens is 229 g/mol. The summed E-state index contributed by atoms with van der Waals surface area (Å²) in [5, 5.41) is 3.26.